The van der Waals surface area contributed by atoms with Crippen molar-refractivity contribution in [2.75, 3.05) is 7.11 Å². The normalized spacial score (nSPS) is 11.1. The van der Waals surface area contributed by atoms with E-state index in [1.54, 1.807) is 43.5 Å². The van der Waals surface area contributed by atoms with Gasteiger partial charge in [-0.2, -0.15) is 0 Å². The third-order valence-corrected chi connectivity index (χ3v) is 3.76. The number of methoxy groups -OCH3 is 1. The highest BCUT2D eigenvalue weighted by atomic mass is 16.8. The van der Waals surface area contributed by atoms with Crippen LogP contribution in [0.3, 0.4) is 0 Å². The number of oxazole rings is 1. The Balaban J connectivity index is 1.86. The first-order valence-electron chi connectivity index (χ1n) is 8.47. The number of hydrogen-bond acceptors (Lipinski definition) is 6. The molecule has 3 rings (SSSR count). The molecular formula is C21H21NO5. The fourth-order valence-corrected chi connectivity index (χ4v) is 2.39. The van der Waals surface area contributed by atoms with Crippen molar-refractivity contribution < 1.29 is 23.4 Å². The molecule has 140 valence electrons. The van der Waals surface area contributed by atoms with Gasteiger partial charge in [-0.15, -0.1) is 0 Å². The topological polar surface area (TPSA) is 70.8 Å². The molecule has 0 aliphatic heterocycles. The van der Waals surface area contributed by atoms with E-state index in [4.69, 9.17) is 18.6 Å². The summed E-state index contributed by atoms with van der Waals surface area (Å²) in [6.07, 6.45) is -0.885. The molecule has 0 N–H and O–H groups in total. The van der Waals surface area contributed by atoms with Gasteiger partial charge < -0.3 is 18.6 Å². The maximum atomic E-state index is 12.1. The largest absolute Gasteiger partial charge is 0.521 e. The Kier molecular flexibility index (Phi) is 5.16. The van der Waals surface area contributed by atoms with Crippen LogP contribution < -0.4 is 14.2 Å². The van der Waals surface area contributed by atoms with Crippen LogP contribution in [-0.4, -0.2) is 18.2 Å². The standard InChI is InChI=1S/C21H21NO5/c1-21(2,3)17-19(27-20(23)25-16-8-6-5-7-9-16)26-18(22-17)14-10-12-15(24-4)13-11-14/h5-13H,1-4H3. The summed E-state index contributed by atoms with van der Waals surface area (Å²) in [6, 6.07) is 15.9. The Hall–Kier alpha value is -3.28. The molecule has 2 aromatic carbocycles. The molecule has 0 aliphatic rings. The second-order valence-electron chi connectivity index (χ2n) is 6.90. The van der Waals surface area contributed by atoms with E-state index in [2.05, 4.69) is 4.98 Å². The molecule has 0 aliphatic carbocycles. The summed E-state index contributed by atoms with van der Waals surface area (Å²) >= 11 is 0. The molecule has 0 radical (unpaired) electrons. The molecule has 1 aromatic heterocycles. The van der Waals surface area contributed by atoms with Crippen molar-refractivity contribution in [3.63, 3.8) is 0 Å². The summed E-state index contributed by atoms with van der Waals surface area (Å²) in [5, 5.41) is 0. The molecule has 0 saturated heterocycles. The van der Waals surface area contributed by atoms with Gasteiger partial charge in [0.25, 0.3) is 0 Å². The zero-order valence-electron chi connectivity index (χ0n) is 15.7. The van der Waals surface area contributed by atoms with Gasteiger partial charge in [-0.3, -0.25) is 0 Å². The minimum absolute atomic E-state index is 0.0225. The van der Waals surface area contributed by atoms with Gasteiger partial charge in [-0.25, -0.2) is 9.78 Å². The van der Waals surface area contributed by atoms with Crippen LogP contribution in [-0.2, 0) is 5.41 Å². The first-order valence-corrected chi connectivity index (χ1v) is 8.47. The number of hydrogen-bond donors (Lipinski definition) is 0. The minimum Gasteiger partial charge on any atom is -0.497 e. The van der Waals surface area contributed by atoms with E-state index in [1.807, 2.05) is 39.0 Å². The van der Waals surface area contributed by atoms with E-state index in [1.165, 1.54) is 0 Å². The first kappa shape index (κ1) is 18.5. The van der Waals surface area contributed by atoms with Crippen LogP contribution in [0.5, 0.6) is 17.4 Å². The highest BCUT2D eigenvalue weighted by Crippen LogP contribution is 2.35. The smallest absolute Gasteiger partial charge is 0.497 e. The number of benzene rings is 2. The molecule has 27 heavy (non-hydrogen) atoms. The van der Waals surface area contributed by atoms with Crippen LogP contribution in [0, 0.1) is 0 Å². The number of carbonyl (C=O) groups excluding carboxylic acids is 1. The number of rotatable bonds is 4. The lowest BCUT2D eigenvalue weighted by atomic mass is 9.93. The predicted octanol–water partition coefficient (Wildman–Crippen LogP) is 5.23. The van der Waals surface area contributed by atoms with Gasteiger partial charge in [-0.05, 0) is 36.4 Å². The summed E-state index contributed by atoms with van der Waals surface area (Å²) < 4.78 is 21.4. The van der Waals surface area contributed by atoms with Gasteiger partial charge in [0.05, 0.1) is 7.11 Å². The third kappa shape index (κ3) is 4.47. The van der Waals surface area contributed by atoms with Crippen LogP contribution >= 0.6 is 0 Å². The van der Waals surface area contributed by atoms with Crippen molar-refractivity contribution in [1.82, 2.24) is 4.98 Å². The summed E-state index contributed by atoms with van der Waals surface area (Å²) in [5.74, 6) is 1.48. The van der Waals surface area contributed by atoms with E-state index in [-0.39, 0.29) is 5.95 Å². The van der Waals surface area contributed by atoms with Crippen molar-refractivity contribution >= 4 is 6.16 Å². The lowest BCUT2D eigenvalue weighted by Gasteiger charge is -2.15. The Morgan fingerprint density at radius 2 is 1.59 bits per heavy atom. The summed E-state index contributed by atoms with van der Waals surface area (Å²) in [4.78, 5) is 16.7. The van der Waals surface area contributed by atoms with Gasteiger partial charge in [0.2, 0.25) is 5.89 Å². The van der Waals surface area contributed by atoms with Gasteiger partial charge in [0.1, 0.15) is 17.2 Å². The monoisotopic (exact) mass is 367 g/mol. The molecule has 0 spiro atoms. The molecular weight excluding hydrogens is 346 g/mol. The van der Waals surface area contributed by atoms with Gasteiger partial charge >= 0.3 is 12.1 Å². The summed E-state index contributed by atoms with van der Waals surface area (Å²) in [7, 11) is 1.60. The molecule has 6 heteroatoms. The zero-order chi connectivity index (χ0) is 19.4. The van der Waals surface area contributed by atoms with Gasteiger partial charge in [0.15, 0.2) is 0 Å². The van der Waals surface area contributed by atoms with Crippen LogP contribution in [0.2, 0.25) is 0 Å². The molecule has 0 bridgehead atoms. The zero-order valence-corrected chi connectivity index (χ0v) is 15.7. The van der Waals surface area contributed by atoms with Crippen molar-refractivity contribution in [1.29, 1.82) is 0 Å². The lowest BCUT2D eigenvalue weighted by Crippen LogP contribution is -2.18. The van der Waals surface area contributed by atoms with Gasteiger partial charge in [0, 0.05) is 11.0 Å². The Labute approximate surface area is 157 Å². The average molecular weight is 367 g/mol. The minimum atomic E-state index is -0.885. The van der Waals surface area contributed by atoms with Crippen LogP contribution in [0.15, 0.2) is 59.0 Å². The molecule has 0 unspecified atom stereocenters. The van der Waals surface area contributed by atoms with Crippen LogP contribution in [0.4, 0.5) is 4.79 Å². The third-order valence-electron chi connectivity index (χ3n) is 3.76. The second-order valence-corrected chi connectivity index (χ2v) is 6.90. The lowest BCUT2D eigenvalue weighted by molar-refractivity contribution is 0.139. The molecule has 3 aromatic rings. The van der Waals surface area contributed by atoms with Crippen LogP contribution in [0.25, 0.3) is 11.5 Å². The summed E-state index contributed by atoms with van der Waals surface area (Å²) in [5.41, 5.74) is 0.877. The predicted molar refractivity (Wildman–Crippen MR) is 100 cm³/mol. The second kappa shape index (κ2) is 7.53. The average Bonchev–Trinajstić information content (AvgIpc) is 3.06. The number of nitrogens with zero attached hydrogens (tertiary/aromatic N) is 1. The summed E-state index contributed by atoms with van der Waals surface area (Å²) in [6.45, 7) is 5.87. The van der Waals surface area contributed by atoms with Crippen LogP contribution in [0.1, 0.15) is 26.5 Å². The fourth-order valence-electron chi connectivity index (χ4n) is 2.39. The maximum Gasteiger partial charge on any atom is 0.521 e. The number of carbonyl (C=O) groups is 1. The molecule has 1 heterocycles. The number of aromatic nitrogens is 1. The Morgan fingerprint density at radius 3 is 2.19 bits per heavy atom. The van der Waals surface area contributed by atoms with E-state index < -0.39 is 11.6 Å². The van der Waals surface area contributed by atoms with E-state index in [9.17, 15) is 4.79 Å². The van der Waals surface area contributed by atoms with Crippen molar-refractivity contribution in [2.45, 2.75) is 26.2 Å². The molecule has 0 fully saturated rings. The molecule has 0 atom stereocenters. The van der Waals surface area contributed by atoms with E-state index in [0.29, 0.717) is 17.3 Å². The van der Waals surface area contributed by atoms with E-state index >= 15 is 0 Å². The number of para-hydroxylation sites is 1. The highest BCUT2D eigenvalue weighted by Gasteiger charge is 2.29. The Morgan fingerprint density at radius 1 is 0.926 bits per heavy atom. The van der Waals surface area contributed by atoms with Crippen molar-refractivity contribution in [3.8, 4) is 28.9 Å². The maximum absolute atomic E-state index is 12.1. The Bertz CT molecular complexity index is 908. The highest BCUT2D eigenvalue weighted by molar-refractivity contribution is 5.67. The van der Waals surface area contributed by atoms with E-state index in [0.717, 1.165) is 11.3 Å². The fraction of sp³-hybridized carbons (Fsp3) is 0.238. The quantitative estimate of drug-likeness (QED) is 0.465. The molecule has 6 nitrogen and oxygen atoms in total. The first-order chi connectivity index (χ1) is 12.9. The van der Waals surface area contributed by atoms with Crippen molar-refractivity contribution in [3.05, 3.63) is 60.3 Å². The molecule has 0 saturated carbocycles. The SMILES string of the molecule is COc1ccc(-c2nc(C(C)(C)C)c(OC(=O)Oc3ccccc3)o2)cc1. The molecule has 0 amide bonds. The van der Waals surface area contributed by atoms with Crippen molar-refractivity contribution in [2.24, 2.45) is 0 Å². The number of ether oxygens (including phenoxy) is 3. The van der Waals surface area contributed by atoms with Gasteiger partial charge in [-0.1, -0.05) is 39.0 Å².